The number of hydrogen-bond donors (Lipinski definition) is 2. The number of ether oxygens (including phenoxy) is 2. The second-order valence-electron chi connectivity index (χ2n) is 6.61. The summed E-state index contributed by atoms with van der Waals surface area (Å²) < 4.78 is 38.2. The highest BCUT2D eigenvalue weighted by molar-refractivity contribution is 7.92. The third kappa shape index (κ3) is 6.24. The molecule has 0 aliphatic carbocycles. The lowest BCUT2D eigenvalue weighted by molar-refractivity contribution is -0.124. The van der Waals surface area contributed by atoms with Crippen LogP contribution in [0.15, 0.2) is 47.4 Å². The fraction of sp³-hybridized carbons (Fsp3) is 0.350. The van der Waals surface area contributed by atoms with Gasteiger partial charge in [-0.25, -0.2) is 8.42 Å². The highest BCUT2D eigenvalue weighted by atomic mass is 32.2. The number of carbonyl (C=O) groups excluding carboxylic acids is 1. The van der Waals surface area contributed by atoms with Crippen molar-refractivity contribution in [1.82, 2.24) is 5.32 Å². The number of aryl methyl sites for hydroxylation is 2. The van der Waals surface area contributed by atoms with Gasteiger partial charge in [0, 0.05) is 18.8 Å². The van der Waals surface area contributed by atoms with Gasteiger partial charge >= 0.3 is 0 Å². The van der Waals surface area contributed by atoms with Gasteiger partial charge in [-0.15, -0.1) is 0 Å². The summed E-state index contributed by atoms with van der Waals surface area (Å²) in [6.45, 7) is 5.73. The summed E-state index contributed by atoms with van der Waals surface area (Å²) in [5.41, 5.74) is 2.15. The maximum atomic E-state index is 12.6. The van der Waals surface area contributed by atoms with Crippen LogP contribution < -0.4 is 14.8 Å². The van der Waals surface area contributed by atoms with Crippen molar-refractivity contribution >= 4 is 21.6 Å². The normalized spacial score (nSPS) is 12.3. The smallest absolute Gasteiger partial charge is 0.261 e. The van der Waals surface area contributed by atoms with Crippen molar-refractivity contribution in [2.75, 3.05) is 25.0 Å². The summed E-state index contributed by atoms with van der Waals surface area (Å²) in [6, 6.07) is 11.5. The zero-order chi connectivity index (χ0) is 20.7. The fourth-order valence-electron chi connectivity index (χ4n) is 2.54. The zero-order valence-electron chi connectivity index (χ0n) is 16.5. The molecule has 0 aliphatic rings. The Morgan fingerprint density at radius 3 is 2.39 bits per heavy atom. The van der Waals surface area contributed by atoms with E-state index >= 15 is 0 Å². The Morgan fingerprint density at radius 2 is 1.79 bits per heavy atom. The van der Waals surface area contributed by atoms with Gasteiger partial charge in [0.15, 0.2) is 6.61 Å². The second kappa shape index (κ2) is 9.57. The van der Waals surface area contributed by atoms with Crippen LogP contribution in [0.3, 0.4) is 0 Å². The number of rotatable bonds is 9. The van der Waals surface area contributed by atoms with Crippen LogP contribution in [-0.4, -0.2) is 40.7 Å². The molecule has 8 heteroatoms. The molecule has 0 unspecified atom stereocenters. The van der Waals surface area contributed by atoms with Gasteiger partial charge in [0.2, 0.25) is 0 Å². The molecular formula is C20H26N2O5S. The Bertz CT molecular complexity index is 911. The first-order valence-electron chi connectivity index (χ1n) is 8.82. The Morgan fingerprint density at radius 1 is 1.11 bits per heavy atom. The lowest BCUT2D eigenvalue weighted by atomic mass is 10.2. The van der Waals surface area contributed by atoms with E-state index in [1.807, 2.05) is 26.0 Å². The molecule has 0 heterocycles. The molecule has 0 saturated carbocycles. The molecule has 7 nitrogen and oxygen atoms in total. The van der Waals surface area contributed by atoms with Crippen molar-refractivity contribution in [3.05, 3.63) is 53.6 Å². The van der Waals surface area contributed by atoms with E-state index in [2.05, 4.69) is 10.0 Å². The highest BCUT2D eigenvalue weighted by Gasteiger charge is 2.16. The van der Waals surface area contributed by atoms with Crippen LogP contribution in [-0.2, 0) is 19.6 Å². The van der Waals surface area contributed by atoms with E-state index in [0.29, 0.717) is 23.6 Å². The Balaban J connectivity index is 2.02. The van der Waals surface area contributed by atoms with E-state index in [0.717, 1.165) is 5.56 Å². The lowest BCUT2D eigenvalue weighted by Crippen LogP contribution is -2.38. The van der Waals surface area contributed by atoms with Crippen LogP contribution >= 0.6 is 0 Å². The molecule has 0 bridgehead atoms. The van der Waals surface area contributed by atoms with E-state index in [1.54, 1.807) is 32.2 Å². The number of methoxy groups -OCH3 is 1. The second-order valence-corrected chi connectivity index (χ2v) is 8.29. The third-order valence-electron chi connectivity index (χ3n) is 3.94. The number of anilines is 1. The van der Waals surface area contributed by atoms with Crippen LogP contribution in [0.2, 0.25) is 0 Å². The molecule has 1 atom stereocenters. The van der Waals surface area contributed by atoms with Crippen LogP contribution in [0.1, 0.15) is 18.1 Å². The average molecular weight is 407 g/mol. The summed E-state index contributed by atoms with van der Waals surface area (Å²) >= 11 is 0. The van der Waals surface area contributed by atoms with Gasteiger partial charge in [-0.3, -0.25) is 9.52 Å². The summed E-state index contributed by atoms with van der Waals surface area (Å²) in [5.74, 6) is 0.172. The fourth-order valence-corrected chi connectivity index (χ4v) is 3.68. The van der Waals surface area contributed by atoms with Crippen molar-refractivity contribution < 1.29 is 22.7 Å². The number of hydrogen-bond acceptors (Lipinski definition) is 5. The molecule has 2 aromatic rings. The van der Waals surface area contributed by atoms with Gasteiger partial charge in [0.1, 0.15) is 5.75 Å². The van der Waals surface area contributed by atoms with Crippen LogP contribution in [0.4, 0.5) is 5.69 Å². The molecular weight excluding hydrogens is 380 g/mol. The number of sulfonamides is 1. The number of amides is 1. The van der Waals surface area contributed by atoms with Gasteiger partial charge < -0.3 is 14.8 Å². The Hall–Kier alpha value is -2.58. The molecule has 1 amide bonds. The molecule has 0 fully saturated rings. The predicted molar refractivity (Wildman–Crippen MR) is 108 cm³/mol. The minimum atomic E-state index is -3.72. The van der Waals surface area contributed by atoms with E-state index < -0.39 is 10.0 Å². The van der Waals surface area contributed by atoms with Crippen molar-refractivity contribution in [3.8, 4) is 5.75 Å². The molecule has 28 heavy (non-hydrogen) atoms. The molecule has 0 aromatic heterocycles. The first kappa shape index (κ1) is 21.7. The number of benzene rings is 2. The predicted octanol–water partition coefficient (Wildman–Crippen LogP) is 2.63. The maximum Gasteiger partial charge on any atom is 0.261 e. The van der Waals surface area contributed by atoms with Gasteiger partial charge in [0.05, 0.1) is 11.5 Å². The number of carbonyl (C=O) groups is 1. The molecule has 0 spiro atoms. The van der Waals surface area contributed by atoms with Gasteiger partial charge in [0.25, 0.3) is 15.9 Å². The molecule has 2 rings (SSSR count). The van der Waals surface area contributed by atoms with Crippen molar-refractivity contribution in [1.29, 1.82) is 0 Å². The van der Waals surface area contributed by atoms with E-state index in [9.17, 15) is 13.2 Å². The Labute approximate surface area is 166 Å². The van der Waals surface area contributed by atoms with Crippen molar-refractivity contribution in [2.24, 2.45) is 0 Å². The van der Waals surface area contributed by atoms with Gasteiger partial charge in [-0.05, 0) is 56.7 Å². The van der Waals surface area contributed by atoms with Crippen molar-refractivity contribution in [2.45, 2.75) is 31.7 Å². The van der Waals surface area contributed by atoms with Gasteiger partial charge in [-0.2, -0.15) is 0 Å². The van der Waals surface area contributed by atoms with Gasteiger partial charge in [-0.1, -0.05) is 17.7 Å². The highest BCUT2D eigenvalue weighted by Crippen LogP contribution is 2.23. The first-order valence-corrected chi connectivity index (χ1v) is 10.3. The van der Waals surface area contributed by atoms with Crippen LogP contribution in [0, 0.1) is 13.8 Å². The average Bonchev–Trinajstić information content (AvgIpc) is 2.62. The first-order chi connectivity index (χ1) is 13.2. The minimum absolute atomic E-state index is 0.121. The summed E-state index contributed by atoms with van der Waals surface area (Å²) in [7, 11) is -2.16. The van der Waals surface area contributed by atoms with Crippen LogP contribution in [0.5, 0.6) is 5.75 Å². The maximum absolute atomic E-state index is 12.6. The number of nitrogens with one attached hydrogen (secondary N) is 2. The van der Waals surface area contributed by atoms with E-state index in [-0.39, 0.29) is 23.5 Å². The molecule has 0 radical (unpaired) electrons. The summed E-state index contributed by atoms with van der Waals surface area (Å²) in [6.07, 6.45) is 0. The molecule has 0 aliphatic heterocycles. The van der Waals surface area contributed by atoms with E-state index in [4.69, 9.17) is 9.47 Å². The Kier molecular flexibility index (Phi) is 7.42. The topological polar surface area (TPSA) is 93.7 Å². The largest absolute Gasteiger partial charge is 0.484 e. The molecule has 2 N–H and O–H groups in total. The SMILES string of the molecule is COC[C@@H](C)NC(=O)COc1ccc(S(=O)(=O)Nc2ccc(C)cc2)cc1C. The molecule has 0 saturated heterocycles. The summed E-state index contributed by atoms with van der Waals surface area (Å²) in [4.78, 5) is 12.0. The third-order valence-corrected chi connectivity index (χ3v) is 5.32. The summed E-state index contributed by atoms with van der Waals surface area (Å²) in [5, 5.41) is 2.74. The quantitative estimate of drug-likeness (QED) is 0.668. The minimum Gasteiger partial charge on any atom is -0.484 e. The van der Waals surface area contributed by atoms with Crippen LogP contribution in [0.25, 0.3) is 0 Å². The van der Waals surface area contributed by atoms with Crippen molar-refractivity contribution in [3.63, 3.8) is 0 Å². The zero-order valence-corrected chi connectivity index (χ0v) is 17.3. The lowest BCUT2D eigenvalue weighted by Gasteiger charge is -2.14. The monoisotopic (exact) mass is 406 g/mol. The standard InChI is InChI=1S/C20H26N2O5S/c1-14-5-7-17(8-6-14)22-28(24,25)18-9-10-19(15(2)11-18)27-13-20(23)21-16(3)12-26-4/h5-11,16,22H,12-13H2,1-4H3,(H,21,23)/t16-/m1/s1. The van der Waals surface area contributed by atoms with E-state index in [1.165, 1.54) is 12.1 Å². The molecule has 2 aromatic carbocycles. The molecule has 152 valence electrons.